The van der Waals surface area contributed by atoms with Crippen LogP contribution < -0.4 is 0 Å². The lowest BCUT2D eigenvalue weighted by atomic mass is 10.1. The maximum absolute atomic E-state index is 9.77. The van der Waals surface area contributed by atoms with E-state index in [-0.39, 0.29) is 0 Å². The van der Waals surface area contributed by atoms with Gasteiger partial charge in [0, 0.05) is 24.4 Å². The van der Waals surface area contributed by atoms with Gasteiger partial charge in [-0.3, -0.25) is 4.68 Å². The SMILES string of the molecule is CC(C)n1nccc1CC1(O)CC1. The van der Waals surface area contributed by atoms with Crippen molar-refractivity contribution in [2.45, 2.75) is 44.8 Å². The zero-order chi connectivity index (χ0) is 9.47. The number of hydrogen-bond acceptors (Lipinski definition) is 2. The molecule has 3 nitrogen and oxygen atoms in total. The zero-order valence-electron chi connectivity index (χ0n) is 8.20. The van der Waals surface area contributed by atoms with Gasteiger partial charge in [0.1, 0.15) is 0 Å². The lowest BCUT2D eigenvalue weighted by Gasteiger charge is -2.13. The highest BCUT2D eigenvalue weighted by Crippen LogP contribution is 2.38. The molecule has 1 aromatic rings. The van der Waals surface area contributed by atoms with E-state index in [0.29, 0.717) is 6.04 Å². The Kier molecular flexibility index (Phi) is 1.91. The fourth-order valence-electron chi connectivity index (χ4n) is 1.60. The van der Waals surface area contributed by atoms with Gasteiger partial charge in [0.2, 0.25) is 0 Å². The average molecular weight is 180 g/mol. The van der Waals surface area contributed by atoms with Gasteiger partial charge in [-0.05, 0) is 32.8 Å². The van der Waals surface area contributed by atoms with E-state index in [4.69, 9.17) is 0 Å². The van der Waals surface area contributed by atoms with Crippen LogP contribution in [0.3, 0.4) is 0 Å². The molecule has 1 aliphatic carbocycles. The van der Waals surface area contributed by atoms with Crippen LogP contribution in [0, 0.1) is 0 Å². The molecule has 0 saturated heterocycles. The molecule has 0 radical (unpaired) electrons. The van der Waals surface area contributed by atoms with Crippen molar-refractivity contribution in [1.29, 1.82) is 0 Å². The fraction of sp³-hybridized carbons (Fsp3) is 0.700. The van der Waals surface area contributed by atoms with Crippen molar-refractivity contribution in [3.05, 3.63) is 18.0 Å². The largest absolute Gasteiger partial charge is 0.389 e. The van der Waals surface area contributed by atoms with Crippen molar-refractivity contribution < 1.29 is 5.11 Å². The van der Waals surface area contributed by atoms with E-state index in [1.807, 2.05) is 10.7 Å². The van der Waals surface area contributed by atoms with Crippen LogP contribution in [0.4, 0.5) is 0 Å². The summed E-state index contributed by atoms with van der Waals surface area (Å²) in [4.78, 5) is 0. The average Bonchev–Trinajstić information content (AvgIpc) is 2.63. The Balaban J connectivity index is 2.15. The molecule has 1 fully saturated rings. The second kappa shape index (κ2) is 2.84. The lowest BCUT2D eigenvalue weighted by molar-refractivity contribution is 0.147. The highest BCUT2D eigenvalue weighted by molar-refractivity contribution is 5.10. The van der Waals surface area contributed by atoms with Crippen LogP contribution >= 0.6 is 0 Å². The third-order valence-electron chi connectivity index (χ3n) is 2.58. The molecule has 3 heteroatoms. The van der Waals surface area contributed by atoms with Gasteiger partial charge >= 0.3 is 0 Å². The number of hydrogen-bond donors (Lipinski definition) is 1. The predicted octanol–water partition coefficient (Wildman–Crippen LogP) is 1.53. The summed E-state index contributed by atoms with van der Waals surface area (Å²) in [5.74, 6) is 0. The van der Waals surface area contributed by atoms with Crippen molar-refractivity contribution >= 4 is 0 Å². The zero-order valence-corrected chi connectivity index (χ0v) is 8.20. The summed E-state index contributed by atoms with van der Waals surface area (Å²) in [6.45, 7) is 4.21. The first-order chi connectivity index (χ1) is 6.11. The minimum atomic E-state index is -0.410. The molecule has 1 saturated carbocycles. The molecule has 72 valence electrons. The van der Waals surface area contributed by atoms with Crippen LogP contribution in [0.5, 0.6) is 0 Å². The van der Waals surface area contributed by atoms with Crippen LogP contribution in [0.1, 0.15) is 38.4 Å². The normalized spacial score (nSPS) is 19.4. The Bertz CT molecular complexity index is 300. The molecule has 13 heavy (non-hydrogen) atoms. The van der Waals surface area contributed by atoms with Crippen LogP contribution in [0.25, 0.3) is 0 Å². The van der Waals surface area contributed by atoms with Crippen molar-refractivity contribution in [2.24, 2.45) is 0 Å². The van der Waals surface area contributed by atoms with Gasteiger partial charge in [0.25, 0.3) is 0 Å². The minimum Gasteiger partial charge on any atom is -0.389 e. The van der Waals surface area contributed by atoms with Gasteiger partial charge < -0.3 is 5.11 Å². The van der Waals surface area contributed by atoms with Crippen molar-refractivity contribution in [2.75, 3.05) is 0 Å². The van der Waals surface area contributed by atoms with Gasteiger partial charge in [-0.25, -0.2) is 0 Å². The minimum absolute atomic E-state index is 0.382. The van der Waals surface area contributed by atoms with Gasteiger partial charge in [0.05, 0.1) is 5.60 Å². The van der Waals surface area contributed by atoms with Crippen LogP contribution in [0.15, 0.2) is 12.3 Å². The van der Waals surface area contributed by atoms with E-state index in [0.717, 1.165) is 25.0 Å². The Morgan fingerprint density at radius 1 is 1.62 bits per heavy atom. The quantitative estimate of drug-likeness (QED) is 0.766. The molecule has 1 heterocycles. The van der Waals surface area contributed by atoms with Gasteiger partial charge in [-0.2, -0.15) is 5.10 Å². The third-order valence-corrected chi connectivity index (χ3v) is 2.58. The molecule has 1 N–H and O–H groups in total. The summed E-state index contributed by atoms with van der Waals surface area (Å²) in [7, 11) is 0. The maximum Gasteiger partial charge on any atom is 0.0705 e. The van der Waals surface area contributed by atoms with Crippen LogP contribution in [-0.2, 0) is 6.42 Å². The van der Waals surface area contributed by atoms with Crippen LogP contribution in [-0.4, -0.2) is 20.5 Å². The van der Waals surface area contributed by atoms with Crippen molar-refractivity contribution in [1.82, 2.24) is 9.78 Å². The van der Waals surface area contributed by atoms with E-state index in [1.165, 1.54) is 0 Å². The van der Waals surface area contributed by atoms with E-state index < -0.39 is 5.60 Å². The van der Waals surface area contributed by atoms with E-state index in [2.05, 4.69) is 18.9 Å². The third kappa shape index (κ3) is 1.75. The Morgan fingerprint density at radius 2 is 2.31 bits per heavy atom. The molecule has 0 aromatic carbocycles. The van der Waals surface area contributed by atoms with E-state index >= 15 is 0 Å². The number of rotatable bonds is 3. The van der Waals surface area contributed by atoms with Crippen molar-refractivity contribution in [3.8, 4) is 0 Å². The van der Waals surface area contributed by atoms with Gasteiger partial charge in [0.15, 0.2) is 0 Å². The highest BCUT2D eigenvalue weighted by Gasteiger charge is 2.41. The number of aliphatic hydroxyl groups is 1. The molecule has 0 bridgehead atoms. The first-order valence-electron chi connectivity index (χ1n) is 4.85. The Labute approximate surface area is 78.4 Å². The summed E-state index contributed by atoms with van der Waals surface area (Å²) in [5.41, 5.74) is 0.738. The molecule has 0 spiro atoms. The van der Waals surface area contributed by atoms with E-state index in [9.17, 15) is 5.11 Å². The van der Waals surface area contributed by atoms with Crippen LogP contribution in [0.2, 0.25) is 0 Å². The summed E-state index contributed by atoms with van der Waals surface area (Å²) in [6.07, 6.45) is 4.44. The summed E-state index contributed by atoms with van der Waals surface area (Å²) < 4.78 is 1.98. The molecule has 0 aliphatic heterocycles. The first kappa shape index (κ1) is 8.75. The number of aromatic nitrogens is 2. The molecular weight excluding hydrogens is 164 g/mol. The fourth-order valence-corrected chi connectivity index (χ4v) is 1.60. The smallest absolute Gasteiger partial charge is 0.0705 e. The maximum atomic E-state index is 9.77. The summed E-state index contributed by atoms with van der Waals surface area (Å²) in [5, 5.41) is 14.0. The predicted molar refractivity (Wildman–Crippen MR) is 50.5 cm³/mol. The standard InChI is InChI=1S/C10H16N2O/c1-8(2)12-9(3-6-11-12)7-10(13)4-5-10/h3,6,8,13H,4-5,7H2,1-2H3. The van der Waals surface area contributed by atoms with E-state index in [1.54, 1.807) is 6.20 Å². The Morgan fingerprint density at radius 3 is 2.85 bits per heavy atom. The molecule has 0 amide bonds. The second-order valence-electron chi connectivity index (χ2n) is 4.26. The molecule has 0 atom stereocenters. The Hall–Kier alpha value is -0.830. The molecule has 1 aromatic heterocycles. The first-order valence-corrected chi connectivity index (χ1v) is 4.85. The second-order valence-corrected chi connectivity index (χ2v) is 4.26. The molecule has 1 aliphatic rings. The highest BCUT2D eigenvalue weighted by atomic mass is 16.3. The monoisotopic (exact) mass is 180 g/mol. The number of nitrogens with zero attached hydrogens (tertiary/aromatic N) is 2. The summed E-state index contributed by atoms with van der Waals surface area (Å²) in [6, 6.07) is 2.38. The van der Waals surface area contributed by atoms with Gasteiger partial charge in [-0.15, -0.1) is 0 Å². The van der Waals surface area contributed by atoms with Crippen molar-refractivity contribution in [3.63, 3.8) is 0 Å². The van der Waals surface area contributed by atoms with Gasteiger partial charge in [-0.1, -0.05) is 0 Å². The summed E-state index contributed by atoms with van der Waals surface area (Å²) >= 11 is 0. The lowest BCUT2D eigenvalue weighted by Crippen LogP contribution is -2.16. The molecule has 2 rings (SSSR count). The molecular formula is C10H16N2O. The topological polar surface area (TPSA) is 38.0 Å². The molecule has 0 unspecified atom stereocenters.